The maximum atomic E-state index is 15.4. The molecule has 3 saturated heterocycles. The van der Waals surface area contributed by atoms with Crippen molar-refractivity contribution in [3.63, 3.8) is 0 Å². The number of aromatic nitrogens is 6. The molecule has 4 aromatic carbocycles. The lowest BCUT2D eigenvalue weighted by Crippen LogP contribution is -2.44. The molecule has 7 aromatic heterocycles. The molecule has 0 saturated carbocycles. The Morgan fingerprint density at radius 1 is 0.557 bits per heavy atom. The van der Waals surface area contributed by atoms with Crippen molar-refractivity contribution in [3.8, 4) is 22.3 Å². The fourth-order valence-corrected chi connectivity index (χ4v) is 16.5. The molecule has 8 N–H and O–H groups in total. The molecule has 0 spiro atoms. The molecule has 0 bridgehead atoms. The van der Waals surface area contributed by atoms with Crippen molar-refractivity contribution in [1.82, 2.24) is 43.8 Å². The first kappa shape index (κ1) is 74.7. The Bertz CT molecular complexity index is 5320. The van der Waals surface area contributed by atoms with Gasteiger partial charge < -0.3 is 47.1 Å². The average molecular weight is 1520 g/mol. The number of nitrogens with one attached hydrogen (secondary N) is 2. The van der Waals surface area contributed by atoms with E-state index in [0.717, 1.165) is 31.5 Å². The number of carbonyl (C=O) groups excluding carboxylic acids is 9. The van der Waals surface area contributed by atoms with Gasteiger partial charge in [-0.3, -0.25) is 52.5 Å². The van der Waals surface area contributed by atoms with Gasteiger partial charge in [0.15, 0.2) is 23.0 Å². The van der Waals surface area contributed by atoms with Gasteiger partial charge in [0.2, 0.25) is 29.5 Å². The number of halogens is 6. The summed E-state index contributed by atoms with van der Waals surface area (Å²) in [5.41, 5.74) is 21.4. The Kier molecular flexibility index (Phi) is 22.1. The quantitative estimate of drug-likeness (QED) is 0.0501. The van der Waals surface area contributed by atoms with E-state index in [1.807, 2.05) is 51.1 Å². The van der Waals surface area contributed by atoms with E-state index in [0.29, 0.717) is 58.2 Å². The van der Waals surface area contributed by atoms with Crippen molar-refractivity contribution in [2.24, 2.45) is 17.2 Å². The summed E-state index contributed by atoms with van der Waals surface area (Å²) in [6.45, 7) is 5.96. The van der Waals surface area contributed by atoms with Crippen LogP contribution in [0.4, 0.5) is 33.5 Å². The molecule has 14 rings (SSSR count). The smallest absolute Gasteiger partial charge is 0.270 e. The van der Waals surface area contributed by atoms with Crippen LogP contribution < -0.4 is 27.8 Å². The number of rotatable bonds is 18. The van der Waals surface area contributed by atoms with Gasteiger partial charge in [-0.15, -0.1) is 34.0 Å². The van der Waals surface area contributed by atoms with Gasteiger partial charge in [-0.05, 0) is 92.2 Å². The number of fused-ring (bicyclic) bond motifs is 3. The lowest BCUT2D eigenvalue weighted by molar-refractivity contribution is -0.137. The predicted molar refractivity (Wildman–Crippen MR) is 393 cm³/mol. The number of Topliss-reactive ketones (excluding diaryl/α,β-unsaturated/α-hetero) is 1. The van der Waals surface area contributed by atoms with Crippen molar-refractivity contribution in [2.45, 2.75) is 110 Å². The molecule has 106 heavy (non-hydrogen) atoms. The number of hydrogen-bond acceptors (Lipinski definition) is 15. The second-order valence-corrected chi connectivity index (χ2v) is 29.6. The monoisotopic (exact) mass is 1520 g/mol. The number of carbonyl (C=O) groups is 9. The number of ketones is 1. The number of amides is 8. The number of likely N-dealkylation sites (tertiary alicyclic amines) is 3. The van der Waals surface area contributed by atoms with Gasteiger partial charge in [0.05, 0.1) is 57.4 Å². The summed E-state index contributed by atoms with van der Waals surface area (Å²) in [5.74, 6) is -6.01. The number of hydrogen-bond donors (Lipinski definition) is 5. The van der Waals surface area contributed by atoms with Crippen molar-refractivity contribution in [3.05, 3.63) is 193 Å². The first-order chi connectivity index (χ1) is 50.6. The maximum Gasteiger partial charge on any atom is 0.270 e. The zero-order valence-electron chi connectivity index (χ0n) is 57.2. The number of anilines is 2. The number of thiophene rings is 3. The normalized spacial score (nSPS) is 17.7. The molecule has 3 fully saturated rings. The number of nitrogens with zero attached hydrogens (tertiary/aromatic N) is 9. The third kappa shape index (κ3) is 15.8. The number of benzene rings is 4. The molecule has 11 aromatic rings. The van der Waals surface area contributed by atoms with E-state index in [4.69, 9.17) is 28.8 Å². The first-order valence-corrected chi connectivity index (χ1v) is 36.1. The Morgan fingerprint density at radius 2 is 1.06 bits per heavy atom. The summed E-state index contributed by atoms with van der Waals surface area (Å²) in [6.07, 6.45) is -3.30. The summed E-state index contributed by atoms with van der Waals surface area (Å²) >= 11 is 10.2. The van der Waals surface area contributed by atoms with Gasteiger partial charge >= 0.3 is 0 Å². The van der Waals surface area contributed by atoms with Crippen LogP contribution in [-0.2, 0) is 54.8 Å². The maximum absolute atomic E-state index is 15.4. The third-order valence-corrected chi connectivity index (χ3v) is 21.7. The molecule has 10 heterocycles. The van der Waals surface area contributed by atoms with Crippen LogP contribution in [0.5, 0.6) is 0 Å². The van der Waals surface area contributed by atoms with Crippen LogP contribution in [0.25, 0.3) is 52.9 Å². The summed E-state index contributed by atoms with van der Waals surface area (Å²) in [7, 11) is 0. The highest BCUT2D eigenvalue weighted by molar-refractivity contribution is 7.19. The van der Waals surface area contributed by atoms with E-state index in [1.54, 1.807) is 95.7 Å². The van der Waals surface area contributed by atoms with Crippen LogP contribution in [0.2, 0.25) is 5.02 Å². The van der Waals surface area contributed by atoms with Gasteiger partial charge in [-0.25, -0.2) is 26.9 Å². The molecule has 8 amide bonds. The Morgan fingerprint density at radius 3 is 1.61 bits per heavy atom. The molecule has 0 aliphatic carbocycles. The van der Waals surface area contributed by atoms with Crippen LogP contribution >= 0.6 is 45.6 Å². The molecule has 23 nitrogen and oxygen atoms in total. The zero-order valence-corrected chi connectivity index (χ0v) is 60.4. The van der Waals surface area contributed by atoms with E-state index in [2.05, 4.69) is 25.8 Å². The SMILES string of the molecule is Cc1cc2c(s1)c(C(N)=O)nn2CC(=O)N1C[C@H](F)C[C@H]1C(=O)Nc1cccc(-c2ccccc2Cl)c1F.Cc1cccc(NC(=O)[C@@H]2C[C@@H](F)CN2C(=O)Cn2nc(C(N)=O)c3sc(C)cc32)n1.Cc1ccccc1-c1cccc(CC(=O)[C@@H]2C[C@@H](F)CN2C(=O)Cn2cc(C(N)=O)c3ccsc32)c1F. The van der Waals surface area contributed by atoms with E-state index >= 15 is 8.78 Å². The van der Waals surface area contributed by atoms with Crippen molar-refractivity contribution in [2.75, 3.05) is 30.3 Å². The minimum Gasteiger partial charge on any atom is -0.366 e. The van der Waals surface area contributed by atoms with Gasteiger partial charge in [-0.1, -0.05) is 90.5 Å². The van der Waals surface area contributed by atoms with Crippen LogP contribution in [0.15, 0.2) is 133 Å². The summed E-state index contributed by atoms with van der Waals surface area (Å²) in [6, 6.07) is 30.9. The average Bonchev–Trinajstić information content (AvgIpc) is 1.60. The molecule has 0 radical (unpaired) electrons. The molecule has 32 heteroatoms. The number of nitrogens with two attached hydrogens (primary N) is 3. The Hall–Kier alpha value is -11.0. The van der Waals surface area contributed by atoms with Crippen LogP contribution in [0.3, 0.4) is 0 Å². The van der Waals surface area contributed by atoms with Crippen molar-refractivity contribution >= 4 is 141 Å². The lowest BCUT2D eigenvalue weighted by atomic mass is 9.95. The third-order valence-electron chi connectivity index (χ3n) is 18.3. The van der Waals surface area contributed by atoms with Gasteiger partial charge in [0.1, 0.15) is 66.7 Å². The standard InChI is InChI=1S/C28H25F2N3O3S.C26H22ClF2N5O3S.C20H21FN6O3S/c1-16-5-2-3-7-19(16)20-8-4-6-17(26(20)30)11-24(34)23-12-18(29)13-33(23)25(35)15-32-14-22(27(31)36)21-9-10-37-28(21)32;1-13-9-19-24(38-13)23(25(30)36)32-34(19)12-21(35)33-11-14(28)10-20(33)26(37)31-18-8-4-6-16(22(18)29)15-5-2-3-7-17(15)27;1-10-4-3-5-15(23-10)24-20(30)14-7-12(21)8-26(14)16(28)9-27-13-6-11(2)31-18(13)17(25-27)19(22)29/h2-10,14,18,23H,11-13,15H2,1H3,(H2,31,36);2-9,14,20H,10-12H2,1H3,(H2,30,36)(H,31,37);3-6,12,14H,7-9H2,1-2H3,(H2,22,29)(H,23,24,30)/t18-,23+;14-,20+;12-,14+/m111/s1. The van der Waals surface area contributed by atoms with E-state index < -0.39 is 101 Å². The number of alkyl halides is 3. The number of pyridine rings is 1. The highest BCUT2D eigenvalue weighted by atomic mass is 35.5. The second kappa shape index (κ2) is 31.4. The van der Waals surface area contributed by atoms with Crippen molar-refractivity contribution in [1.29, 1.82) is 0 Å². The van der Waals surface area contributed by atoms with Crippen LogP contribution in [0, 0.1) is 39.3 Å². The molecule has 6 atom stereocenters. The molecule has 3 aliphatic heterocycles. The predicted octanol–water partition coefficient (Wildman–Crippen LogP) is 11.0. The number of primary amides is 3. The topological polar surface area (TPSA) is 319 Å². The molecular formula is C74H68ClF5N14O9S3. The minimum atomic E-state index is -1.43. The van der Waals surface area contributed by atoms with E-state index in [-0.39, 0.29) is 93.2 Å². The van der Waals surface area contributed by atoms with Gasteiger partial charge in [0.25, 0.3) is 17.7 Å². The highest BCUT2D eigenvalue weighted by Gasteiger charge is 2.43. The van der Waals surface area contributed by atoms with Gasteiger partial charge in [-0.2, -0.15) is 10.2 Å². The van der Waals surface area contributed by atoms with E-state index in [9.17, 15) is 56.3 Å². The summed E-state index contributed by atoms with van der Waals surface area (Å²) < 4.78 is 79.3. The molecular weight excluding hydrogens is 1460 g/mol. The summed E-state index contributed by atoms with van der Waals surface area (Å²) in [5, 5.41) is 16.3. The molecule has 3 aliphatic rings. The van der Waals surface area contributed by atoms with Crippen molar-refractivity contribution < 1.29 is 65.1 Å². The molecule has 0 unspecified atom stereocenters. The Balaban J connectivity index is 0.000000150. The zero-order chi connectivity index (χ0) is 75.7. The minimum absolute atomic E-state index is 0.0406. The highest BCUT2D eigenvalue weighted by Crippen LogP contribution is 2.37. The van der Waals surface area contributed by atoms with Gasteiger partial charge in [0, 0.05) is 74.4 Å². The second-order valence-electron chi connectivity index (χ2n) is 25.8. The molecule has 548 valence electrons. The van der Waals surface area contributed by atoms with Crippen LogP contribution in [0.1, 0.15) is 77.2 Å². The lowest BCUT2D eigenvalue weighted by Gasteiger charge is -2.24. The fraction of sp³-hybridized carbons (Fsp3) is 0.270. The first-order valence-electron chi connectivity index (χ1n) is 33.3. The fourth-order valence-electron chi connectivity index (χ4n) is 13.4. The van der Waals surface area contributed by atoms with E-state index in [1.165, 1.54) is 71.5 Å². The Labute approximate surface area is 618 Å². The summed E-state index contributed by atoms with van der Waals surface area (Å²) in [4.78, 5) is 124. The van der Waals surface area contributed by atoms with Crippen LogP contribution in [-0.4, -0.2) is 153 Å². The largest absolute Gasteiger partial charge is 0.366 e. The number of aryl methyl sites for hydroxylation is 4.